The summed E-state index contributed by atoms with van der Waals surface area (Å²) >= 11 is 0. The molecule has 26 heavy (non-hydrogen) atoms. The van der Waals surface area contributed by atoms with Crippen LogP contribution in [0.25, 0.3) is 0 Å². The van der Waals surface area contributed by atoms with Crippen molar-refractivity contribution >= 4 is 17.4 Å². The number of hydrogen-bond acceptors (Lipinski definition) is 4. The molecule has 0 radical (unpaired) electrons. The van der Waals surface area contributed by atoms with E-state index < -0.39 is 0 Å². The highest BCUT2D eigenvalue weighted by atomic mass is 16.1. The number of nitrogens with one attached hydrogen (secondary N) is 1. The molecular weight excluding hydrogens is 324 g/mol. The fraction of sp³-hybridized carbons (Fsp3) is 0.190. The number of rotatable bonds is 6. The smallest absolute Gasteiger partial charge is 0.275 e. The molecule has 0 atom stereocenters. The zero-order valence-electron chi connectivity index (χ0n) is 15.0. The molecule has 0 saturated heterocycles. The number of amides is 1. The molecule has 0 saturated carbocycles. The maximum Gasteiger partial charge on any atom is 0.275 e. The lowest BCUT2D eigenvalue weighted by Gasteiger charge is -2.21. The molecule has 3 rings (SSSR count). The molecule has 0 bridgehead atoms. The van der Waals surface area contributed by atoms with Crippen LogP contribution in [0.4, 0.5) is 11.5 Å². The van der Waals surface area contributed by atoms with E-state index in [0.29, 0.717) is 5.69 Å². The Morgan fingerprint density at radius 2 is 1.73 bits per heavy atom. The first-order valence-corrected chi connectivity index (χ1v) is 8.65. The molecule has 1 amide bonds. The van der Waals surface area contributed by atoms with E-state index in [0.717, 1.165) is 30.2 Å². The first kappa shape index (κ1) is 17.6. The van der Waals surface area contributed by atoms with Crippen molar-refractivity contribution < 1.29 is 4.79 Å². The number of para-hydroxylation sites is 1. The molecule has 0 aliphatic carbocycles. The van der Waals surface area contributed by atoms with Gasteiger partial charge in [0.25, 0.3) is 5.91 Å². The highest BCUT2D eigenvalue weighted by molar-refractivity contribution is 6.03. The summed E-state index contributed by atoms with van der Waals surface area (Å²) in [5, 5.41) is 2.87. The van der Waals surface area contributed by atoms with Crippen molar-refractivity contribution in [2.24, 2.45) is 0 Å². The predicted molar refractivity (Wildman–Crippen MR) is 104 cm³/mol. The van der Waals surface area contributed by atoms with E-state index in [1.165, 1.54) is 11.8 Å². The first-order chi connectivity index (χ1) is 12.7. The summed E-state index contributed by atoms with van der Waals surface area (Å²) in [5.41, 5.74) is 3.29. The normalized spacial score (nSPS) is 10.4. The number of anilines is 2. The number of nitrogens with zero attached hydrogens (tertiary/aromatic N) is 3. The van der Waals surface area contributed by atoms with Gasteiger partial charge in [-0.05, 0) is 31.0 Å². The van der Waals surface area contributed by atoms with Crippen molar-refractivity contribution in [2.75, 3.05) is 16.8 Å². The van der Waals surface area contributed by atoms with Gasteiger partial charge < -0.3 is 10.2 Å². The van der Waals surface area contributed by atoms with Gasteiger partial charge in [-0.3, -0.25) is 4.79 Å². The fourth-order valence-corrected chi connectivity index (χ4v) is 2.66. The summed E-state index contributed by atoms with van der Waals surface area (Å²) in [5.74, 6) is 0.494. The van der Waals surface area contributed by atoms with Gasteiger partial charge in [-0.15, -0.1) is 0 Å². The molecule has 2 aromatic carbocycles. The van der Waals surface area contributed by atoms with Crippen molar-refractivity contribution in [3.63, 3.8) is 0 Å². The third kappa shape index (κ3) is 4.25. The van der Waals surface area contributed by atoms with Gasteiger partial charge in [-0.2, -0.15) is 0 Å². The average molecular weight is 346 g/mol. The molecule has 1 heterocycles. The molecule has 0 fully saturated rings. The van der Waals surface area contributed by atoms with Gasteiger partial charge in [0.2, 0.25) is 0 Å². The van der Waals surface area contributed by atoms with Gasteiger partial charge in [0.05, 0.1) is 12.4 Å². The molecule has 3 aromatic rings. The number of hydrogen-bond donors (Lipinski definition) is 1. The van der Waals surface area contributed by atoms with E-state index in [4.69, 9.17) is 0 Å². The average Bonchev–Trinajstić information content (AvgIpc) is 2.69. The Kier molecular flexibility index (Phi) is 5.59. The number of aromatic nitrogens is 2. The molecular formula is C21H22N4O. The highest BCUT2D eigenvalue weighted by Crippen LogP contribution is 2.16. The van der Waals surface area contributed by atoms with Gasteiger partial charge in [-0.1, -0.05) is 48.5 Å². The van der Waals surface area contributed by atoms with Crippen molar-refractivity contribution in [3.05, 3.63) is 83.8 Å². The molecule has 0 aliphatic rings. The number of benzene rings is 2. The minimum absolute atomic E-state index is 0.260. The Hall–Kier alpha value is -3.21. The number of carbonyl (C=O) groups excluding carboxylic acids is 1. The standard InChI is InChI=1S/C21H22N4O/c1-3-25(15-17-10-5-4-6-11-17)20-14-22-19(13-23-20)21(26)24-18-12-8-7-9-16(18)2/h4-14H,3,15H2,1-2H3,(H,24,26). The Balaban J connectivity index is 1.70. The number of aryl methyl sites for hydroxylation is 1. The summed E-state index contributed by atoms with van der Waals surface area (Å²) < 4.78 is 0. The van der Waals surface area contributed by atoms with Crippen LogP contribution in [0, 0.1) is 6.92 Å². The van der Waals surface area contributed by atoms with Crippen LogP contribution in [0.15, 0.2) is 67.0 Å². The van der Waals surface area contributed by atoms with Crippen LogP contribution < -0.4 is 10.2 Å². The van der Waals surface area contributed by atoms with E-state index in [1.54, 1.807) is 6.20 Å². The largest absolute Gasteiger partial charge is 0.351 e. The number of carbonyl (C=O) groups is 1. The van der Waals surface area contributed by atoms with Crippen LogP contribution in [0.1, 0.15) is 28.5 Å². The zero-order valence-corrected chi connectivity index (χ0v) is 15.0. The molecule has 0 spiro atoms. The van der Waals surface area contributed by atoms with Crippen LogP contribution in [0.3, 0.4) is 0 Å². The molecule has 1 N–H and O–H groups in total. The van der Waals surface area contributed by atoms with Crippen LogP contribution in [0.5, 0.6) is 0 Å². The zero-order chi connectivity index (χ0) is 18.4. The van der Waals surface area contributed by atoms with Crippen LogP contribution in [0.2, 0.25) is 0 Å². The van der Waals surface area contributed by atoms with E-state index in [9.17, 15) is 4.79 Å². The lowest BCUT2D eigenvalue weighted by atomic mass is 10.2. The Labute approximate surface area is 153 Å². The maximum absolute atomic E-state index is 12.4. The summed E-state index contributed by atoms with van der Waals surface area (Å²) in [6, 6.07) is 17.9. The maximum atomic E-state index is 12.4. The van der Waals surface area contributed by atoms with E-state index in [2.05, 4.69) is 39.2 Å². The fourth-order valence-electron chi connectivity index (χ4n) is 2.66. The molecule has 5 nitrogen and oxygen atoms in total. The monoisotopic (exact) mass is 346 g/mol. The lowest BCUT2D eigenvalue weighted by molar-refractivity contribution is 0.102. The van der Waals surface area contributed by atoms with Crippen LogP contribution in [-0.4, -0.2) is 22.4 Å². The minimum Gasteiger partial charge on any atom is -0.351 e. The van der Waals surface area contributed by atoms with E-state index in [-0.39, 0.29) is 5.91 Å². The summed E-state index contributed by atoms with van der Waals surface area (Å²) in [7, 11) is 0. The van der Waals surface area contributed by atoms with E-state index >= 15 is 0 Å². The summed E-state index contributed by atoms with van der Waals surface area (Å²) in [6.45, 7) is 5.58. The topological polar surface area (TPSA) is 58.1 Å². The van der Waals surface area contributed by atoms with Crippen LogP contribution >= 0.6 is 0 Å². The predicted octanol–water partition coefficient (Wildman–Crippen LogP) is 4.06. The first-order valence-electron chi connectivity index (χ1n) is 8.65. The second-order valence-corrected chi connectivity index (χ2v) is 6.03. The Morgan fingerprint density at radius 1 is 1.00 bits per heavy atom. The van der Waals surface area contributed by atoms with Crippen LogP contribution in [-0.2, 0) is 6.54 Å². The minimum atomic E-state index is -0.260. The quantitative estimate of drug-likeness (QED) is 0.731. The van der Waals surface area contributed by atoms with Gasteiger partial charge in [-0.25, -0.2) is 9.97 Å². The van der Waals surface area contributed by atoms with Gasteiger partial charge >= 0.3 is 0 Å². The Morgan fingerprint density at radius 3 is 2.38 bits per heavy atom. The summed E-state index contributed by atoms with van der Waals surface area (Å²) in [6.07, 6.45) is 3.18. The Bertz CT molecular complexity index is 863. The van der Waals surface area contributed by atoms with Crippen molar-refractivity contribution in [3.8, 4) is 0 Å². The van der Waals surface area contributed by atoms with Gasteiger partial charge in [0.15, 0.2) is 0 Å². The SMILES string of the molecule is CCN(Cc1ccccc1)c1cnc(C(=O)Nc2ccccc2C)cn1. The molecule has 132 valence electrons. The molecule has 0 aliphatic heterocycles. The van der Waals surface area contributed by atoms with Crippen molar-refractivity contribution in [1.29, 1.82) is 0 Å². The molecule has 5 heteroatoms. The van der Waals surface area contributed by atoms with E-state index in [1.807, 2.05) is 49.4 Å². The second kappa shape index (κ2) is 8.25. The van der Waals surface area contributed by atoms with Crippen molar-refractivity contribution in [2.45, 2.75) is 20.4 Å². The second-order valence-electron chi connectivity index (χ2n) is 6.03. The van der Waals surface area contributed by atoms with Gasteiger partial charge in [0, 0.05) is 18.8 Å². The molecule has 1 aromatic heterocycles. The highest BCUT2D eigenvalue weighted by Gasteiger charge is 2.12. The summed E-state index contributed by atoms with van der Waals surface area (Å²) in [4.78, 5) is 23.2. The van der Waals surface area contributed by atoms with Gasteiger partial charge in [0.1, 0.15) is 11.5 Å². The van der Waals surface area contributed by atoms with Crippen molar-refractivity contribution in [1.82, 2.24) is 9.97 Å². The lowest BCUT2D eigenvalue weighted by Crippen LogP contribution is -2.24. The third-order valence-corrected chi connectivity index (χ3v) is 4.19. The third-order valence-electron chi connectivity index (χ3n) is 4.19. The molecule has 0 unspecified atom stereocenters.